The molecular formula is C42H51ClN2O4S. The Labute approximate surface area is 305 Å². The van der Waals surface area contributed by atoms with Crippen LogP contribution >= 0.6 is 11.8 Å². The van der Waals surface area contributed by atoms with Gasteiger partial charge in [0.25, 0.3) is 0 Å². The van der Waals surface area contributed by atoms with E-state index >= 15 is 0 Å². The summed E-state index contributed by atoms with van der Waals surface area (Å²) in [5, 5.41) is 0. The van der Waals surface area contributed by atoms with Gasteiger partial charge in [0.2, 0.25) is 5.69 Å². The fourth-order valence-electron chi connectivity index (χ4n) is 7.98. The van der Waals surface area contributed by atoms with Crippen LogP contribution in [0.4, 0.5) is 11.4 Å². The lowest BCUT2D eigenvalue weighted by Crippen LogP contribution is -2.68. The van der Waals surface area contributed by atoms with Crippen LogP contribution in [0.3, 0.4) is 0 Å². The van der Waals surface area contributed by atoms with E-state index in [0.29, 0.717) is 6.04 Å². The van der Waals surface area contributed by atoms with Crippen LogP contribution in [-0.2, 0) is 10.8 Å². The molecule has 0 radical (unpaired) electrons. The lowest BCUT2D eigenvalue weighted by Gasteiger charge is -2.34. The first kappa shape index (κ1) is 38.1. The molecule has 0 aromatic heterocycles. The summed E-state index contributed by atoms with van der Waals surface area (Å²) in [5.41, 5.74) is 10.3. The smallest absolute Gasteiger partial charge is 0.209 e. The summed E-state index contributed by atoms with van der Waals surface area (Å²) in [7, 11) is -4.94. The number of halogens is 1. The molecule has 0 saturated heterocycles. The number of hydrogen-bond donors (Lipinski definition) is 0. The molecule has 0 bridgehead atoms. The molecule has 50 heavy (non-hydrogen) atoms. The Kier molecular flexibility index (Phi) is 12.2. The van der Waals surface area contributed by atoms with Gasteiger partial charge >= 0.3 is 0 Å². The zero-order chi connectivity index (χ0) is 36.1. The van der Waals surface area contributed by atoms with Crippen molar-refractivity contribution < 1.29 is 33.5 Å². The average molecular weight is 715 g/mol. The van der Waals surface area contributed by atoms with Gasteiger partial charge < -0.3 is 4.90 Å². The quantitative estimate of drug-likeness (QED) is 0.226. The third-order valence-electron chi connectivity index (χ3n) is 10.3. The maximum atomic E-state index is 8.49. The SMILES string of the molecule is CCCN1c2ccccc2C(C)(C)C1CC=C1CCCC(C=CC2=[N+](CCC)c3ccccc3C2(C)C)=C1Sc1ccccc1.[O-][Cl+3]([O-])([O-])[O-]. The van der Waals surface area contributed by atoms with Gasteiger partial charge in [0, 0.05) is 57.6 Å². The molecule has 3 aromatic carbocycles. The summed E-state index contributed by atoms with van der Waals surface area (Å²) < 4.78 is 36.5. The molecule has 1 aliphatic carbocycles. The van der Waals surface area contributed by atoms with Gasteiger partial charge in [-0.15, -0.1) is 10.2 Å². The molecule has 6 rings (SSSR count). The van der Waals surface area contributed by atoms with E-state index in [1.54, 1.807) is 0 Å². The van der Waals surface area contributed by atoms with Crippen LogP contribution < -0.4 is 23.5 Å². The van der Waals surface area contributed by atoms with E-state index in [-0.39, 0.29) is 10.8 Å². The van der Waals surface area contributed by atoms with E-state index < -0.39 is 10.2 Å². The maximum absolute atomic E-state index is 8.49. The Bertz CT molecular complexity index is 1770. The molecule has 266 valence electrons. The summed E-state index contributed by atoms with van der Waals surface area (Å²) in [6.45, 7) is 16.4. The molecule has 0 N–H and O–H groups in total. The molecule has 0 saturated carbocycles. The van der Waals surface area contributed by atoms with Crippen molar-refractivity contribution in [2.24, 2.45) is 0 Å². The minimum atomic E-state index is -4.94. The molecule has 0 fully saturated rings. The van der Waals surface area contributed by atoms with Crippen LogP contribution in [0.25, 0.3) is 0 Å². The lowest BCUT2D eigenvalue weighted by atomic mass is 9.78. The van der Waals surface area contributed by atoms with Crippen molar-refractivity contribution in [1.29, 1.82) is 0 Å². The molecule has 3 aromatic rings. The lowest BCUT2D eigenvalue weighted by molar-refractivity contribution is -2.00. The van der Waals surface area contributed by atoms with Crippen molar-refractivity contribution in [2.75, 3.05) is 18.0 Å². The predicted octanol–water partition coefficient (Wildman–Crippen LogP) is 6.40. The Hall–Kier alpha value is -3.17. The van der Waals surface area contributed by atoms with Crippen LogP contribution in [0.2, 0.25) is 0 Å². The minimum Gasteiger partial charge on any atom is -0.367 e. The number of nitrogens with zero attached hydrogens (tertiary/aromatic N) is 2. The topological polar surface area (TPSA) is 98.5 Å². The highest BCUT2D eigenvalue weighted by molar-refractivity contribution is 8.03. The van der Waals surface area contributed by atoms with Crippen LogP contribution in [-0.4, -0.2) is 29.4 Å². The number of anilines is 1. The van der Waals surface area contributed by atoms with Gasteiger partial charge in [-0.1, -0.05) is 106 Å². The number of thioether (sulfide) groups is 1. The van der Waals surface area contributed by atoms with Crippen molar-refractivity contribution in [2.45, 2.75) is 102 Å². The van der Waals surface area contributed by atoms with Gasteiger partial charge in [0.05, 0.1) is 5.41 Å². The molecule has 2 heterocycles. The Morgan fingerprint density at radius 2 is 1.46 bits per heavy atom. The number of rotatable bonds is 10. The van der Waals surface area contributed by atoms with Gasteiger partial charge in [-0.25, -0.2) is 18.6 Å². The fourth-order valence-corrected chi connectivity index (χ4v) is 9.12. The summed E-state index contributed by atoms with van der Waals surface area (Å²) in [5.74, 6) is 0. The van der Waals surface area contributed by atoms with E-state index in [0.717, 1.165) is 45.2 Å². The largest absolute Gasteiger partial charge is 0.367 e. The van der Waals surface area contributed by atoms with Crippen molar-refractivity contribution in [3.63, 3.8) is 0 Å². The van der Waals surface area contributed by atoms with Crippen molar-refractivity contribution in [3.05, 3.63) is 124 Å². The van der Waals surface area contributed by atoms with E-state index in [2.05, 4.69) is 148 Å². The highest BCUT2D eigenvalue weighted by Gasteiger charge is 2.44. The molecule has 2 aliphatic heterocycles. The zero-order valence-corrected chi connectivity index (χ0v) is 31.9. The minimum absolute atomic E-state index is 0.0192. The Morgan fingerprint density at radius 1 is 0.820 bits per heavy atom. The molecule has 1 atom stereocenters. The molecule has 1 unspecified atom stereocenters. The monoisotopic (exact) mass is 714 g/mol. The van der Waals surface area contributed by atoms with Crippen LogP contribution in [0.1, 0.15) is 91.2 Å². The summed E-state index contributed by atoms with van der Waals surface area (Å²) in [4.78, 5) is 5.49. The number of para-hydroxylation sites is 2. The first-order valence-corrected chi connectivity index (χ1v) is 19.9. The van der Waals surface area contributed by atoms with E-state index in [4.69, 9.17) is 18.6 Å². The van der Waals surface area contributed by atoms with Gasteiger partial charge in [0.1, 0.15) is 6.54 Å². The van der Waals surface area contributed by atoms with Crippen LogP contribution in [0.15, 0.2) is 118 Å². The van der Waals surface area contributed by atoms with Gasteiger partial charge in [0.15, 0.2) is 5.71 Å². The van der Waals surface area contributed by atoms with Gasteiger partial charge in [-0.05, 0) is 80.9 Å². The van der Waals surface area contributed by atoms with Crippen molar-refractivity contribution in [1.82, 2.24) is 0 Å². The number of benzene rings is 3. The molecule has 0 amide bonds. The molecule has 6 nitrogen and oxygen atoms in total. The average Bonchev–Trinajstić information content (AvgIpc) is 3.42. The molecule has 0 spiro atoms. The second-order valence-corrected chi connectivity index (χ2v) is 16.3. The van der Waals surface area contributed by atoms with E-state index in [9.17, 15) is 0 Å². The Morgan fingerprint density at radius 3 is 2.14 bits per heavy atom. The summed E-state index contributed by atoms with van der Waals surface area (Å²) >= 11 is 1.97. The molecule has 8 heteroatoms. The normalized spacial score (nSPS) is 20.3. The number of allylic oxidation sites excluding steroid dienone is 4. The first-order chi connectivity index (χ1) is 23.8. The van der Waals surface area contributed by atoms with Crippen molar-refractivity contribution in [3.8, 4) is 0 Å². The van der Waals surface area contributed by atoms with Crippen LogP contribution in [0.5, 0.6) is 0 Å². The summed E-state index contributed by atoms with van der Waals surface area (Å²) in [6.07, 6.45) is 14.4. The predicted molar refractivity (Wildman–Crippen MR) is 195 cm³/mol. The summed E-state index contributed by atoms with van der Waals surface area (Å²) in [6, 6.07) is 29.6. The molecular weight excluding hydrogens is 664 g/mol. The third kappa shape index (κ3) is 8.47. The standard InChI is InChI=1S/C42H51N2S.ClHO4/c1-7-29-43-36-23-14-12-21-34(36)41(3,4)38(43)27-25-31-17-16-18-32(40(31)45-33-19-10-9-11-20-33)26-28-39-42(5,6)35-22-13-15-24-37(35)44(39)30-8-2;2-1(3,4)5/h9-15,19-27,39H,7-8,16-18,28-30H2,1-6H3;(H,2,3,4,5)/q+1;/p-1. The van der Waals surface area contributed by atoms with Gasteiger partial charge in [-0.2, -0.15) is 4.58 Å². The second kappa shape index (κ2) is 16.0. The first-order valence-electron chi connectivity index (χ1n) is 17.8. The van der Waals surface area contributed by atoms with Crippen molar-refractivity contribution >= 4 is 28.8 Å². The third-order valence-corrected chi connectivity index (χ3v) is 11.5. The van der Waals surface area contributed by atoms with E-state index in [1.165, 1.54) is 55.6 Å². The van der Waals surface area contributed by atoms with Gasteiger partial charge in [-0.3, -0.25) is 0 Å². The van der Waals surface area contributed by atoms with Crippen LogP contribution in [0, 0.1) is 10.2 Å². The highest BCUT2D eigenvalue weighted by atomic mass is 35.7. The second-order valence-electron chi connectivity index (χ2n) is 14.4. The highest BCUT2D eigenvalue weighted by Crippen LogP contribution is 2.48. The maximum Gasteiger partial charge on any atom is 0.209 e. The van der Waals surface area contributed by atoms with E-state index in [1.807, 2.05) is 11.8 Å². The Balaban J connectivity index is 0.000000908. The number of hydrogen-bond acceptors (Lipinski definition) is 6. The molecule has 3 aliphatic rings. The fraction of sp³-hybridized carbons (Fsp3) is 0.405. The number of fused-ring (bicyclic) bond motifs is 2. The zero-order valence-electron chi connectivity index (χ0n) is 30.3.